The zero-order chi connectivity index (χ0) is 12.5. The molecule has 3 rings (SSSR count). The minimum atomic E-state index is 0.866. The summed E-state index contributed by atoms with van der Waals surface area (Å²) < 4.78 is 1.02. The Balaban J connectivity index is 1.93. The van der Waals surface area contributed by atoms with Crippen LogP contribution in [0.4, 0.5) is 0 Å². The predicted octanol–water partition coefficient (Wildman–Crippen LogP) is 4.18. The van der Waals surface area contributed by atoms with Gasteiger partial charge in [-0.05, 0) is 58.4 Å². The molecule has 18 heavy (non-hydrogen) atoms. The molecule has 2 heterocycles. The number of benzene rings is 1. The van der Waals surface area contributed by atoms with E-state index >= 15 is 0 Å². The van der Waals surface area contributed by atoms with Crippen molar-refractivity contribution in [2.45, 2.75) is 17.1 Å². The van der Waals surface area contributed by atoms with Crippen LogP contribution in [0, 0.1) is 6.92 Å². The second kappa shape index (κ2) is 4.74. The number of imidazole rings is 1. The van der Waals surface area contributed by atoms with Gasteiger partial charge in [-0.3, -0.25) is 0 Å². The average molecular weight is 320 g/mol. The van der Waals surface area contributed by atoms with E-state index in [9.17, 15) is 0 Å². The van der Waals surface area contributed by atoms with E-state index in [0.29, 0.717) is 0 Å². The van der Waals surface area contributed by atoms with E-state index in [-0.39, 0.29) is 0 Å². The summed E-state index contributed by atoms with van der Waals surface area (Å²) in [6, 6.07) is 10.0. The maximum Gasteiger partial charge on any atom is 0.172 e. The molecule has 0 saturated carbocycles. The third kappa shape index (κ3) is 2.28. The van der Waals surface area contributed by atoms with Gasteiger partial charge in [-0.1, -0.05) is 12.1 Å². The smallest absolute Gasteiger partial charge is 0.172 e. The number of pyridine rings is 1. The molecule has 1 N–H and O–H groups in total. The highest BCUT2D eigenvalue weighted by Crippen LogP contribution is 2.27. The van der Waals surface area contributed by atoms with E-state index in [1.54, 1.807) is 0 Å². The summed E-state index contributed by atoms with van der Waals surface area (Å²) in [5, 5.41) is 1.81. The van der Waals surface area contributed by atoms with Gasteiger partial charge in [-0.15, -0.1) is 0 Å². The zero-order valence-electron chi connectivity index (χ0n) is 9.64. The number of hydrogen-bond donors (Lipinski definition) is 1. The maximum absolute atomic E-state index is 4.52. The van der Waals surface area contributed by atoms with Crippen molar-refractivity contribution in [3.63, 3.8) is 0 Å². The van der Waals surface area contributed by atoms with Crippen LogP contribution >= 0.6 is 27.7 Å². The topological polar surface area (TPSA) is 41.6 Å². The fraction of sp³-hybridized carbons (Fsp3) is 0.0769. The molecular weight excluding hydrogens is 310 g/mol. The summed E-state index contributed by atoms with van der Waals surface area (Å²) in [6.45, 7) is 2.05. The van der Waals surface area contributed by atoms with Crippen molar-refractivity contribution in [3.8, 4) is 0 Å². The van der Waals surface area contributed by atoms with Crippen LogP contribution in [0.5, 0.6) is 0 Å². The highest BCUT2D eigenvalue weighted by Gasteiger charge is 2.06. The molecule has 1 aromatic carbocycles. The maximum atomic E-state index is 4.52. The van der Waals surface area contributed by atoms with Gasteiger partial charge in [0.1, 0.15) is 5.03 Å². The van der Waals surface area contributed by atoms with Gasteiger partial charge in [0.2, 0.25) is 0 Å². The normalized spacial score (nSPS) is 11.0. The first-order valence-electron chi connectivity index (χ1n) is 5.47. The van der Waals surface area contributed by atoms with E-state index in [1.807, 2.05) is 36.5 Å². The highest BCUT2D eigenvalue weighted by molar-refractivity contribution is 9.10. The first kappa shape index (κ1) is 11.7. The molecule has 0 radical (unpaired) electrons. The van der Waals surface area contributed by atoms with E-state index < -0.39 is 0 Å². The molecule has 2 aromatic heterocycles. The Hall–Kier alpha value is -1.33. The number of aromatic amines is 1. The Bertz CT molecular complexity index is 675. The lowest BCUT2D eigenvalue weighted by molar-refractivity contribution is 1.05. The van der Waals surface area contributed by atoms with Crippen molar-refractivity contribution >= 4 is 38.7 Å². The van der Waals surface area contributed by atoms with Crippen LogP contribution in [-0.2, 0) is 0 Å². The minimum Gasteiger partial charge on any atom is -0.333 e. The van der Waals surface area contributed by atoms with Crippen LogP contribution in [0.25, 0.3) is 11.0 Å². The summed E-state index contributed by atoms with van der Waals surface area (Å²) >= 11 is 4.99. The van der Waals surface area contributed by atoms with Crippen molar-refractivity contribution < 1.29 is 0 Å². The van der Waals surface area contributed by atoms with Crippen molar-refractivity contribution in [1.29, 1.82) is 0 Å². The Morgan fingerprint density at radius 1 is 1.28 bits per heavy atom. The number of nitrogens with one attached hydrogen (secondary N) is 1. The van der Waals surface area contributed by atoms with Gasteiger partial charge in [-0.2, -0.15) is 0 Å². The molecule has 0 atom stereocenters. The third-order valence-corrected chi connectivity index (χ3v) is 4.24. The fourth-order valence-corrected chi connectivity index (χ4v) is 2.71. The number of hydrogen-bond acceptors (Lipinski definition) is 3. The number of halogens is 1. The molecule has 3 aromatic rings. The van der Waals surface area contributed by atoms with Crippen LogP contribution in [0.2, 0.25) is 0 Å². The molecule has 0 fully saturated rings. The molecule has 0 amide bonds. The van der Waals surface area contributed by atoms with Gasteiger partial charge in [-0.25, -0.2) is 9.97 Å². The monoisotopic (exact) mass is 319 g/mol. The minimum absolute atomic E-state index is 0.866. The zero-order valence-corrected chi connectivity index (χ0v) is 12.0. The van der Waals surface area contributed by atoms with E-state index in [2.05, 4.69) is 37.8 Å². The molecule has 90 valence electrons. The first-order chi connectivity index (χ1) is 8.72. The number of nitrogens with zero attached hydrogens (tertiary/aromatic N) is 2. The average Bonchev–Trinajstić information content (AvgIpc) is 2.76. The second-order valence-corrected chi connectivity index (χ2v) is 5.80. The second-order valence-electron chi connectivity index (χ2n) is 3.93. The van der Waals surface area contributed by atoms with Gasteiger partial charge in [0.05, 0.1) is 11.0 Å². The van der Waals surface area contributed by atoms with Gasteiger partial charge < -0.3 is 4.98 Å². The molecule has 0 saturated heterocycles. The Labute approximate surface area is 117 Å². The molecule has 0 aliphatic carbocycles. The predicted molar refractivity (Wildman–Crippen MR) is 76.9 cm³/mol. The number of aryl methyl sites for hydroxylation is 1. The van der Waals surface area contributed by atoms with Crippen LogP contribution in [-0.4, -0.2) is 15.0 Å². The van der Waals surface area contributed by atoms with Crippen LogP contribution in [0.1, 0.15) is 5.56 Å². The third-order valence-electron chi connectivity index (χ3n) is 2.59. The number of rotatable bonds is 2. The van der Waals surface area contributed by atoms with E-state index in [0.717, 1.165) is 25.7 Å². The molecule has 0 aliphatic heterocycles. The van der Waals surface area contributed by atoms with Crippen molar-refractivity contribution in [1.82, 2.24) is 15.0 Å². The van der Waals surface area contributed by atoms with E-state index in [1.165, 1.54) is 17.3 Å². The quantitative estimate of drug-likeness (QED) is 0.770. The summed E-state index contributed by atoms with van der Waals surface area (Å²) in [5.41, 5.74) is 3.20. The van der Waals surface area contributed by atoms with Crippen LogP contribution in [0.15, 0.2) is 51.2 Å². The molecule has 0 bridgehead atoms. The number of aromatic nitrogens is 3. The lowest BCUT2D eigenvalue weighted by Gasteiger charge is -2.00. The van der Waals surface area contributed by atoms with Crippen LogP contribution in [0.3, 0.4) is 0 Å². The molecule has 5 heteroatoms. The lowest BCUT2D eigenvalue weighted by atomic mass is 10.3. The highest BCUT2D eigenvalue weighted by atomic mass is 79.9. The van der Waals surface area contributed by atoms with Gasteiger partial charge in [0.25, 0.3) is 0 Å². The standard InChI is InChI=1S/C13H10BrN3S/c1-8-6-12(15-7-9(8)14)18-13-16-10-4-2-3-5-11(10)17-13/h2-7H,1H3,(H,16,17). The Kier molecular flexibility index (Phi) is 3.09. The van der Waals surface area contributed by atoms with E-state index in [4.69, 9.17) is 0 Å². The Morgan fingerprint density at radius 3 is 2.89 bits per heavy atom. The van der Waals surface area contributed by atoms with Crippen molar-refractivity contribution in [3.05, 3.63) is 46.6 Å². The SMILES string of the molecule is Cc1cc(Sc2nc3ccccc3[nH]2)ncc1Br. The molecule has 3 nitrogen and oxygen atoms in total. The van der Waals surface area contributed by atoms with Crippen molar-refractivity contribution in [2.75, 3.05) is 0 Å². The van der Waals surface area contributed by atoms with Gasteiger partial charge in [0.15, 0.2) is 5.16 Å². The summed E-state index contributed by atoms with van der Waals surface area (Å²) in [7, 11) is 0. The lowest BCUT2D eigenvalue weighted by Crippen LogP contribution is -1.84. The molecule has 0 aliphatic rings. The molecule has 0 spiro atoms. The molecule has 0 unspecified atom stereocenters. The summed E-state index contributed by atoms with van der Waals surface area (Å²) in [4.78, 5) is 12.2. The summed E-state index contributed by atoms with van der Waals surface area (Å²) in [5.74, 6) is 0. The summed E-state index contributed by atoms with van der Waals surface area (Å²) in [6.07, 6.45) is 1.82. The first-order valence-corrected chi connectivity index (χ1v) is 7.08. The Morgan fingerprint density at radius 2 is 2.11 bits per heavy atom. The number of fused-ring (bicyclic) bond motifs is 1. The van der Waals surface area contributed by atoms with Crippen molar-refractivity contribution in [2.24, 2.45) is 0 Å². The van der Waals surface area contributed by atoms with Gasteiger partial charge in [0, 0.05) is 10.7 Å². The van der Waals surface area contributed by atoms with Gasteiger partial charge >= 0.3 is 0 Å². The largest absolute Gasteiger partial charge is 0.333 e. The fourth-order valence-electron chi connectivity index (χ4n) is 1.65. The molecular formula is C13H10BrN3S. The number of H-pyrrole nitrogens is 1. The number of para-hydroxylation sites is 2. The van der Waals surface area contributed by atoms with Crippen LogP contribution < -0.4 is 0 Å².